The monoisotopic (exact) mass is 579 g/mol. The summed E-state index contributed by atoms with van der Waals surface area (Å²) in [6, 6.07) is 19.6. The number of carbonyl (C=O) groups excluding carboxylic acids is 1. The zero-order valence-corrected chi connectivity index (χ0v) is 24.8. The number of hydrogen-bond donors (Lipinski definition) is 0. The van der Waals surface area contributed by atoms with E-state index in [1.54, 1.807) is 41.3 Å². The van der Waals surface area contributed by atoms with E-state index in [4.69, 9.17) is 9.47 Å². The van der Waals surface area contributed by atoms with Gasteiger partial charge in [0.1, 0.15) is 17.2 Å². The van der Waals surface area contributed by atoms with Crippen molar-refractivity contribution in [2.75, 3.05) is 19.7 Å². The molecule has 8 heteroatoms. The highest BCUT2D eigenvalue weighted by atomic mass is 32.2. The second kappa shape index (κ2) is 11.5. The lowest BCUT2D eigenvalue weighted by Crippen LogP contribution is -2.51. The Balaban J connectivity index is 1.21. The molecule has 3 aromatic rings. The van der Waals surface area contributed by atoms with Gasteiger partial charge in [0.15, 0.2) is 9.84 Å². The summed E-state index contributed by atoms with van der Waals surface area (Å²) >= 11 is 0. The average Bonchev–Trinajstić information content (AvgIpc) is 2.93. The van der Waals surface area contributed by atoms with Gasteiger partial charge in [-0.25, -0.2) is 17.6 Å². The minimum Gasteiger partial charge on any atom is -0.487 e. The second-order valence-corrected chi connectivity index (χ2v) is 14.6. The Morgan fingerprint density at radius 1 is 0.951 bits per heavy atom. The predicted octanol–water partition coefficient (Wildman–Crippen LogP) is 6.95. The van der Waals surface area contributed by atoms with E-state index < -0.39 is 15.7 Å². The lowest BCUT2D eigenvalue weighted by Gasteiger charge is -2.44. The Morgan fingerprint density at radius 3 is 2.32 bits per heavy atom. The molecule has 0 atom stereocenters. The van der Waals surface area contributed by atoms with Crippen LogP contribution in [0.5, 0.6) is 5.75 Å². The van der Waals surface area contributed by atoms with Gasteiger partial charge in [-0.2, -0.15) is 0 Å². The van der Waals surface area contributed by atoms with E-state index in [0.29, 0.717) is 30.8 Å². The summed E-state index contributed by atoms with van der Waals surface area (Å²) < 4.78 is 52.4. The Hall–Kier alpha value is -3.39. The fourth-order valence-corrected chi connectivity index (χ4v) is 6.99. The Morgan fingerprint density at radius 2 is 1.63 bits per heavy atom. The number of rotatable bonds is 6. The molecule has 218 valence electrons. The maximum Gasteiger partial charge on any atom is 0.409 e. The molecule has 1 spiro atoms. The number of hydrogen-bond acceptors (Lipinski definition) is 5. The van der Waals surface area contributed by atoms with Crippen LogP contribution in [0, 0.1) is 11.2 Å². The van der Waals surface area contributed by atoms with Crippen LogP contribution in [0.2, 0.25) is 0 Å². The molecular formula is C33H38FNO5S. The minimum atomic E-state index is -3.52. The van der Waals surface area contributed by atoms with Gasteiger partial charge in [0.2, 0.25) is 0 Å². The molecule has 0 unspecified atom stereocenters. The van der Waals surface area contributed by atoms with Crippen molar-refractivity contribution in [3.8, 4) is 16.9 Å². The van der Waals surface area contributed by atoms with Crippen molar-refractivity contribution >= 4 is 15.9 Å². The Labute approximate surface area is 242 Å². The predicted molar refractivity (Wildman–Crippen MR) is 158 cm³/mol. The number of ether oxygens (including phenoxy) is 2. The molecule has 0 aliphatic carbocycles. The number of carbonyl (C=O) groups is 1. The number of sulfone groups is 1. The Bertz CT molecular complexity index is 1510. The molecule has 0 aromatic heterocycles. The van der Waals surface area contributed by atoms with Crippen LogP contribution in [0.3, 0.4) is 0 Å². The van der Waals surface area contributed by atoms with E-state index in [2.05, 4.69) is 0 Å². The summed E-state index contributed by atoms with van der Waals surface area (Å²) in [6.07, 6.45) is 2.91. The van der Waals surface area contributed by atoms with E-state index in [0.717, 1.165) is 42.6 Å². The largest absolute Gasteiger partial charge is 0.487 e. The number of aryl methyl sites for hydroxylation is 1. The van der Waals surface area contributed by atoms with Gasteiger partial charge in [-0.1, -0.05) is 69.3 Å². The van der Waals surface area contributed by atoms with Gasteiger partial charge in [-0.3, -0.25) is 0 Å². The van der Waals surface area contributed by atoms with Crippen molar-refractivity contribution in [2.24, 2.45) is 5.41 Å². The van der Waals surface area contributed by atoms with Crippen molar-refractivity contribution in [3.05, 3.63) is 89.2 Å². The number of nitrogens with zero attached hydrogens (tertiary/aromatic N) is 1. The van der Waals surface area contributed by atoms with Crippen molar-refractivity contribution in [1.29, 1.82) is 0 Å². The molecule has 3 aromatic carbocycles. The highest BCUT2D eigenvalue weighted by Gasteiger charge is 2.41. The SMILES string of the molecule is CC(C)(C)COC(=O)N1CCC2(CCc3cc(-c4ccc(CS(=O)(=O)Cc5ccccc5)c(F)c4)ccc3O2)CC1. The van der Waals surface area contributed by atoms with Gasteiger partial charge in [-0.05, 0) is 58.7 Å². The molecule has 0 saturated carbocycles. The molecule has 1 saturated heterocycles. The summed E-state index contributed by atoms with van der Waals surface area (Å²) in [5, 5.41) is 0. The molecule has 6 nitrogen and oxygen atoms in total. The molecular weight excluding hydrogens is 541 g/mol. The first-order valence-corrected chi connectivity index (χ1v) is 16.0. The highest BCUT2D eigenvalue weighted by Crippen LogP contribution is 2.41. The van der Waals surface area contributed by atoms with Crippen LogP contribution in [0.4, 0.5) is 9.18 Å². The normalized spacial score (nSPS) is 16.6. The molecule has 1 amide bonds. The first-order valence-electron chi connectivity index (χ1n) is 14.2. The minimum absolute atomic E-state index is 0.0707. The van der Waals surface area contributed by atoms with Gasteiger partial charge in [-0.15, -0.1) is 0 Å². The summed E-state index contributed by atoms with van der Waals surface area (Å²) in [5.41, 5.74) is 3.10. The van der Waals surface area contributed by atoms with Crippen molar-refractivity contribution < 1.29 is 27.1 Å². The zero-order valence-electron chi connectivity index (χ0n) is 24.0. The summed E-state index contributed by atoms with van der Waals surface area (Å²) in [5.74, 6) is -0.173. The molecule has 0 N–H and O–H groups in total. The molecule has 2 aliphatic heterocycles. The Kier molecular flexibility index (Phi) is 8.15. The van der Waals surface area contributed by atoms with Crippen LogP contribution in [0.25, 0.3) is 11.1 Å². The standard InChI is InChI=1S/C33H38FNO5S/c1-32(2,3)23-39-31(36)35-17-15-33(16-18-35)14-13-27-19-25(11-12-30(27)40-33)26-9-10-28(29(34)20-26)22-41(37,38)21-24-7-5-4-6-8-24/h4-12,19-20H,13-18,21-23H2,1-3H3. The summed E-state index contributed by atoms with van der Waals surface area (Å²) in [4.78, 5) is 14.2. The topological polar surface area (TPSA) is 72.9 Å². The molecule has 5 rings (SSSR count). The lowest BCUT2D eigenvalue weighted by atomic mass is 9.82. The maximum absolute atomic E-state index is 15.1. The summed E-state index contributed by atoms with van der Waals surface area (Å²) in [7, 11) is -3.52. The zero-order chi connectivity index (χ0) is 29.3. The molecule has 2 heterocycles. The number of piperidine rings is 1. The highest BCUT2D eigenvalue weighted by molar-refractivity contribution is 7.89. The number of likely N-dealkylation sites (tertiary alicyclic amines) is 1. The van der Waals surface area contributed by atoms with E-state index in [-0.39, 0.29) is 34.2 Å². The van der Waals surface area contributed by atoms with E-state index >= 15 is 4.39 Å². The van der Waals surface area contributed by atoms with Crippen LogP contribution in [-0.4, -0.2) is 44.7 Å². The van der Waals surface area contributed by atoms with Gasteiger partial charge < -0.3 is 14.4 Å². The van der Waals surface area contributed by atoms with Crippen LogP contribution in [0.15, 0.2) is 66.7 Å². The molecule has 41 heavy (non-hydrogen) atoms. The number of halogens is 1. The fraction of sp³-hybridized carbons (Fsp3) is 0.424. The lowest BCUT2D eigenvalue weighted by molar-refractivity contribution is -0.0171. The molecule has 0 radical (unpaired) electrons. The van der Waals surface area contributed by atoms with Gasteiger partial charge >= 0.3 is 6.09 Å². The molecule has 1 fully saturated rings. The third-order valence-corrected chi connectivity index (χ3v) is 9.31. The third kappa shape index (κ3) is 7.28. The van der Waals surface area contributed by atoms with Gasteiger partial charge in [0.25, 0.3) is 0 Å². The van der Waals surface area contributed by atoms with E-state index in [1.165, 1.54) is 6.07 Å². The van der Waals surface area contributed by atoms with Crippen LogP contribution in [0.1, 0.15) is 56.7 Å². The first kappa shape index (κ1) is 29.1. The van der Waals surface area contributed by atoms with Gasteiger partial charge in [0.05, 0.1) is 18.1 Å². The van der Waals surface area contributed by atoms with Crippen LogP contribution < -0.4 is 4.74 Å². The van der Waals surface area contributed by atoms with Crippen molar-refractivity contribution in [3.63, 3.8) is 0 Å². The third-order valence-electron chi connectivity index (χ3n) is 7.79. The fourth-order valence-electron chi connectivity index (χ4n) is 5.48. The summed E-state index contributed by atoms with van der Waals surface area (Å²) in [6.45, 7) is 7.70. The number of fused-ring (bicyclic) bond motifs is 1. The van der Waals surface area contributed by atoms with Gasteiger partial charge in [0, 0.05) is 31.5 Å². The molecule has 0 bridgehead atoms. The molecule has 2 aliphatic rings. The maximum atomic E-state index is 15.1. The smallest absolute Gasteiger partial charge is 0.409 e. The van der Waals surface area contributed by atoms with E-state index in [1.807, 2.05) is 45.0 Å². The number of amides is 1. The van der Waals surface area contributed by atoms with E-state index in [9.17, 15) is 13.2 Å². The number of benzene rings is 3. The first-order chi connectivity index (χ1) is 19.4. The van der Waals surface area contributed by atoms with Crippen molar-refractivity contribution in [2.45, 2.75) is 63.6 Å². The second-order valence-electron chi connectivity index (χ2n) is 12.5. The van der Waals surface area contributed by atoms with Crippen LogP contribution >= 0.6 is 0 Å². The van der Waals surface area contributed by atoms with Crippen molar-refractivity contribution in [1.82, 2.24) is 4.90 Å². The van der Waals surface area contributed by atoms with Crippen LogP contribution in [-0.2, 0) is 32.5 Å². The quantitative estimate of drug-likeness (QED) is 0.316. The average molecular weight is 580 g/mol.